The molecule has 0 unspecified atom stereocenters. The molecule has 0 fully saturated rings. The minimum Gasteiger partial charge on any atom is -0.309 e. The zero-order valence-corrected chi connectivity index (χ0v) is 43.3. The lowest BCUT2D eigenvalue weighted by Gasteiger charge is -2.34. The lowest BCUT2D eigenvalue weighted by atomic mass is 9.98. The fourth-order valence-electron chi connectivity index (χ4n) is 11.2. The Labute approximate surface area is 445 Å². The van der Waals surface area contributed by atoms with E-state index < -0.39 is 8.07 Å². The number of rotatable bonds is 11. The molecule has 13 aromatic rings. The normalized spacial score (nSPS) is 11.6. The zero-order chi connectivity index (χ0) is 51.0. The van der Waals surface area contributed by atoms with Crippen LogP contribution in [-0.4, -0.2) is 27.6 Å². The van der Waals surface area contributed by atoms with Crippen LogP contribution < -0.4 is 20.7 Å². The van der Waals surface area contributed by atoms with Crippen molar-refractivity contribution in [2.75, 3.05) is 0 Å². The smallest absolute Gasteiger partial charge is 0.179 e. The van der Waals surface area contributed by atoms with Gasteiger partial charge in [-0.3, -0.25) is 0 Å². The molecule has 4 nitrogen and oxygen atoms in total. The van der Waals surface area contributed by atoms with Crippen LogP contribution in [0.1, 0.15) is 11.1 Å². The van der Waals surface area contributed by atoms with Crippen molar-refractivity contribution in [2.24, 2.45) is 0 Å². The topological polar surface area (TPSA) is 43.6 Å². The number of hydrogen-bond acceptors (Lipinski definition) is 3. The third-order valence-electron chi connectivity index (χ3n) is 15.0. The summed E-state index contributed by atoms with van der Waals surface area (Å²) in [5.74, 6) is 1.82. The van der Waals surface area contributed by atoms with Crippen LogP contribution in [0.5, 0.6) is 0 Å². The second-order valence-corrected chi connectivity index (χ2v) is 23.5. The van der Waals surface area contributed by atoms with E-state index >= 15 is 0 Å². The van der Waals surface area contributed by atoms with Gasteiger partial charge < -0.3 is 4.57 Å². The second-order valence-electron chi connectivity index (χ2n) is 19.7. The molecule has 76 heavy (non-hydrogen) atoms. The molecule has 5 heteroatoms. The average molecular weight is 989 g/mol. The van der Waals surface area contributed by atoms with Gasteiger partial charge in [-0.15, -0.1) is 0 Å². The highest BCUT2D eigenvalue weighted by Gasteiger charge is 2.41. The Bertz CT molecular complexity index is 3940. The van der Waals surface area contributed by atoms with Gasteiger partial charge in [-0.1, -0.05) is 254 Å². The minimum absolute atomic E-state index is 0.594. The van der Waals surface area contributed by atoms with Crippen LogP contribution in [0.4, 0.5) is 0 Å². The molecule has 0 saturated carbocycles. The van der Waals surface area contributed by atoms with Gasteiger partial charge in [0.1, 0.15) is 0 Å². The van der Waals surface area contributed by atoms with Crippen molar-refractivity contribution in [1.29, 1.82) is 0 Å². The van der Waals surface area contributed by atoms with Crippen molar-refractivity contribution in [3.63, 3.8) is 0 Å². The summed E-state index contributed by atoms with van der Waals surface area (Å²) < 4.78 is 2.42. The van der Waals surface area contributed by atoms with Crippen molar-refractivity contribution in [3.8, 4) is 73.2 Å². The van der Waals surface area contributed by atoms with Crippen LogP contribution in [0.2, 0.25) is 0 Å². The van der Waals surface area contributed by atoms with E-state index in [1.807, 2.05) is 36.4 Å². The van der Waals surface area contributed by atoms with Gasteiger partial charge in [-0.05, 0) is 104 Å². The molecule has 0 aliphatic heterocycles. The number of hydrogen-bond donors (Lipinski definition) is 0. The van der Waals surface area contributed by atoms with E-state index in [-0.39, 0.29) is 0 Å². The molecule has 0 amide bonds. The predicted octanol–water partition coefficient (Wildman–Crippen LogP) is 15.0. The van der Waals surface area contributed by atoms with Gasteiger partial charge in [0.15, 0.2) is 25.5 Å². The molecule has 13 rings (SSSR count). The molecular weight excluding hydrogens is 937 g/mol. The van der Waals surface area contributed by atoms with Gasteiger partial charge in [0.25, 0.3) is 0 Å². The molecule has 0 atom stereocenters. The second kappa shape index (κ2) is 19.7. The zero-order valence-electron chi connectivity index (χ0n) is 42.3. The predicted molar refractivity (Wildman–Crippen MR) is 320 cm³/mol. The Morgan fingerprint density at radius 3 is 1.13 bits per heavy atom. The van der Waals surface area contributed by atoms with Crippen molar-refractivity contribution in [2.45, 2.75) is 13.8 Å². The highest BCUT2D eigenvalue weighted by Crippen LogP contribution is 2.40. The van der Waals surface area contributed by atoms with Crippen molar-refractivity contribution < 1.29 is 0 Å². The Balaban J connectivity index is 1.08. The van der Waals surface area contributed by atoms with Crippen LogP contribution in [0.25, 0.3) is 95.0 Å². The summed E-state index contributed by atoms with van der Waals surface area (Å²) in [4.78, 5) is 16.0. The van der Waals surface area contributed by atoms with Gasteiger partial charge in [-0.25, -0.2) is 15.0 Å². The molecule has 0 spiro atoms. The Morgan fingerprint density at radius 1 is 0.276 bits per heavy atom. The maximum atomic E-state index is 5.43. The molecular formula is C71H52N4Si. The number of fused-ring (bicyclic) bond motifs is 3. The lowest BCUT2D eigenvalue weighted by molar-refractivity contribution is 1.07. The van der Waals surface area contributed by atoms with Crippen LogP contribution in [-0.2, 0) is 0 Å². The molecule has 0 bridgehead atoms. The number of aromatic nitrogens is 4. The van der Waals surface area contributed by atoms with E-state index in [2.05, 4.69) is 261 Å². The molecule has 11 aromatic carbocycles. The molecule has 0 aliphatic carbocycles. The van der Waals surface area contributed by atoms with Gasteiger partial charge >= 0.3 is 0 Å². The first-order valence-electron chi connectivity index (χ1n) is 26.0. The van der Waals surface area contributed by atoms with Crippen molar-refractivity contribution in [3.05, 3.63) is 290 Å². The fraction of sp³-hybridized carbons (Fsp3) is 0.0282. The summed E-state index contributed by atoms with van der Waals surface area (Å²) in [6.07, 6.45) is 0. The van der Waals surface area contributed by atoms with Crippen LogP contribution in [0.15, 0.2) is 279 Å². The van der Waals surface area contributed by atoms with E-state index in [1.54, 1.807) is 0 Å². The molecule has 2 heterocycles. The minimum atomic E-state index is -2.89. The van der Waals surface area contributed by atoms with E-state index in [4.69, 9.17) is 15.0 Å². The monoisotopic (exact) mass is 988 g/mol. The standard InChI is InChI=1S/C71H52N4Si/c1-49-31-35-51(36-32-49)55-39-43-67-64(46-55)65-47-56(52-37-33-50(2)34-38-52)40-44-68(65)75(67)58-41-42-63(66(48-58)71-73-69(53-19-8-3-9-20-53)72-70(74-71)54-21-10-4-11-22-54)57-23-18-30-62(45-57)76(59-24-12-5-13-25-59,60-26-14-6-15-27-60)61-28-16-7-17-29-61/h3-48H,1-2H3. The number of aryl methyl sites for hydroxylation is 2. The van der Waals surface area contributed by atoms with Crippen LogP contribution >= 0.6 is 0 Å². The SMILES string of the molecule is Cc1ccc(-c2ccc3c(c2)c2cc(-c4ccc(C)cc4)ccc2n3-c2ccc(-c3cccc([Si](c4ccccc4)(c4ccccc4)c4ccccc4)c3)c(-c3nc(-c4ccccc4)nc(-c4ccccc4)n3)c2)cc1. The summed E-state index contributed by atoms with van der Waals surface area (Å²) in [5, 5.41) is 7.61. The highest BCUT2D eigenvalue weighted by atomic mass is 28.3. The summed E-state index contributed by atoms with van der Waals surface area (Å²) in [5.41, 5.74) is 15.3. The number of nitrogens with zero attached hydrogens (tertiary/aromatic N) is 4. The summed E-state index contributed by atoms with van der Waals surface area (Å²) in [6.45, 7) is 4.28. The van der Waals surface area contributed by atoms with Crippen molar-refractivity contribution in [1.82, 2.24) is 19.5 Å². The van der Waals surface area contributed by atoms with Gasteiger partial charge in [0, 0.05) is 33.2 Å². The largest absolute Gasteiger partial charge is 0.309 e. The first-order valence-corrected chi connectivity index (χ1v) is 28.0. The highest BCUT2D eigenvalue weighted by molar-refractivity contribution is 7.19. The summed E-state index contributed by atoms with van der Waals surface area (Å²) in [6, 6.07) is 101. The lowest BCUT2D eigenvalue weighted by Crippen LogP contribution is -2.74. The Kier molecular flexibility index (Phi) is 12.0. The maximum absolute atomic E-state index is 5.43. The summed E-state index contributed by atoms with van der Waals surface area (Å²) >= 11 is 0. The van der Waals surface area contributed by atoms with E-state index in [0.29, 0.717) is 17.5 Å². The fourth-order valence-corrected chi connectivity index (χ4v) is 16.0. The molecule has 0 N–H and O–H groups in total. The third kappa shape index (κ3) is 8.43. The van der Waals surface area contributed by atoms with Crippen LogP contribution in [0.3, 0.4) is 0 Å². The van der Waals surface area contributed by atoms with E-state index in [9.17, 15) is 0 Å². The molecule has 0 saturated heterocycles. The maximum Gasteiger partial charge on any atom is 0.179 e. The molecule has 360 valence electrons. The Morgan fingerprint density at radius 2 is 0.671 bits per heavy atom. The first kappa shape index (κ1) is 46.2. The number of benzene rings is 11. The summed E-state index contributed by atoms with van der Waals surface area (Å²) in [7, 11) is -2.89. The van der Waals surface area contributed by atoms with E-state index in [0.717, 1.165) is 44.5 Å². The molecule has 2 aromatic heterocycles. The first-order chi connectivity index (χ1) is 37.5. The molecule has 0 aliphatic rings. The quantitative estimate of drug-likeness (QED) is 0.0958. The van der Waals surface area contributed by atoms with Gasteiger partial charge in [0.05, 0.1) is 11.0 Å². The van der Waals surface area contributed by atoms with Crippen molar-refractivity contribution >= 4 is 50.6 Å². The third-order valence-corrected chi connectivity index (χ3v) is 19.7. The molecule has 0 radical (unpaired) electrons. The van der Waals surface area contributed by atoms with Crippen LogP contribution in [0, 0.1) is 13.8 Å². The van der Waals surface area contributed by atoms with Gasteiger partial charge in [0.2, 0.25) is 0 Å². The average Bonchev–Trinajstić information content (AvgIpc) is 3.84. The van der Waals surface area contributed by atoms with E-state index in [1.165, 1.54) is 64.9 Å². The van der Waals surface area contributed by atoms with Gasteiger partial charge in [-0.2, -0.15) is 0 Å². The Hall–Kier alpha value is -9.55.